The Labute approximate surface area is 214 Å². The molecule has 2 atom stereocenters. The van der Waals surface area contributed by atoms with Gasteiger partial charge in [0.25, 0.3) is 0 Å². The summed E-state index contributed by atoms with van der Waals surface area (Å²) in [4.78, 5) is 33.3. The standard InChI is InChI=1S/C24H27ClO10S/c1-16(26)31-14-22(35-18(3)28)15-33-20-6-10-24(11-7-20)36(29,30)23-8-4-19(5-9-23)32-13-21(12-25)34-17(2)27/h4-11,21-22H,12-15H2,1-3H3. The van der Waals surface area contributed by atoms with E-state index in [9.17, 15) is 22.8 Å². The van der Waals surface area contributed by atoms with E-state index >= 15 is 0 Å². The van der Waals surface area contributed by atoms with Crippen LogP contribution in [-0.4, -0.2) is 64.2 Å². The number of benzene rings is 2. The normalized spacial score (nSPS) is 12.7. The first-order chi connectivity index (χ1) is 17.0. The van der Waals surface area contributed by atoms with Gasteiger partial charge in [-0.3, -0.25) is 14.4 Å². The van der Waals surface area contributed by atoms with Gasteiger partial charge < -0.3 is 23.7 Å². The van der Waals surface area contributed by atoms with Crippen molar-refractivity contribution >= 4 is 39.3 Å². The van der Waals surface area contributed by atoms with E-state index in [0.29, 0.717) is 11.5 Å². The van der Waals surface area contributed by atoms with Crippen LogP contribution in [0, 0.1) is 0 Å². The summed E-state index contributed by atoms with van der Waals surface area (Å²) in [5, 5.41) is 0. The van der Waals surface area contributed by atoms with Gasteiger partial charge in [-0.15, -0.1) is 11.6 Å². The highest BCUT2D eigenvalue weighted by molar-refractivity contribution is 7.91. The minimum Gasteiger partial charge on any atom is -0.490 e. The molecule has 0 saturated carbocycles. The fourth-order valence-electron chi connectivity index (χ4n) is 2.85. The van der Waals surface area contributed by atoms with E-state index in [1.807, 2.05) is 0 Å². The fraction of sp³-hybridized carbons (Fsp3) is 0.375. The van der Waals surface area contributed by atoms with E-state index in [2.05, 4.69) is 0 Å². The predicted molar refractivity (Wildman–Crippen MR) is 128 cm³/mol. The average molecular weight is 543 g/mol. The predicted octanol–water partition coefficient (Wildman–Crippen LogP) is 2.94. The summed E-state index contributed by atoms with van der Waals surface area (Å²) >= 11 is 5.74. The molecule has 2 rings (SSSR count). The van der Waals surface area contributed by atoms with E-state index in [4.69, 9.17) is 35.3 Å². The number of esters is 3. The van der Waals surface area contributed by atoms with Crippen LogP contribution in [0.1, 0.15) is 20.8 Å². The van der Waals surface area contributed by atoms with Crippen LogP contribution < -0.4 is 9.47 Å². The molecule has 0 aliphatic carbocycles. The van der Waals surface area contributed by atoms with Gasteiger partial charge in [0, 0.05) is 20.8 Å². The summed E-state index contributed by atoms with van der Waals surface area (Å²) in [6.07, 6.45) is -1.44. The Morgan fingerprint density at radius 1 is 0.694 bits per heavy atom. The molecule has 196 valence electrons. The van der Waals surface area contributed by atoms with Crippen LogP contribution in [0.3, 0.4) is 0 Å². The van der Waals surface area contributed by atoms with Crippen molar-refractivity contribution in [2.24, 2.45) is 0 Å². The summed E-state index contributed by atoms with van der Waals surface area (Å²) in [6.45, 7) is 3.48. The minimum atomic E-state index is -3.82. The Hall–Kier alpha value is -3.31. The molecule has 0 saturated heterocycles. The number of alkyl halides is 1. The van der Waals surface area contributed by atoms with Crippen molar-refractivity contribution in [3.63, 3.8) is 0 Å². The van der Waals surface area contributed by atoms with Crippen LogP contribution in [0.15, 0.2) is 58.3 Å². The van der Waals surface area contributed by atoms with Crippen LogP contribution in [0.4, 0.5) is 0 Å². The number of halogens is 1. The number of sulfone groups is 1. The molecular weight excluding hydrogens is 516 g/mol. The Kier molecular flexibility index (Phi) is 11.0. The third-order valence-electron chi connectivity index (χ3n) is 4.45. The third-order valence-corrected chi connectivity index (χ3v) is 6.58. The van der Waals surface area contributed by atoms with Crippen molar-refractivity contribution in [1.29, 1.82) is 0 Å². The molecule has 12 heteroatoms. The molecule has 0 aliphatic heterocycles. The third kappa shape index (κ3) is 9.38. The van der Waals surface area contributed by atoms with Gasteiger partial charge in [-0.1, -0.05) is 0 Å². The molecule has 2 unspecified atom stereocenters. The van der Waals surface area contributed by atoms with Crippen LogP contribution >= 0.6 is 11.6 Å². The maximum Gasteiger partial charge on any atom is 0.303 e. The van der Waals surface area contributed by atoms with Crippen LogP contribution in [-0.2, 0) is 38.4 Å². The first-order valence-corrected chi connectivity index (χ1v) is 12.8. The Balaban J connectivity index is 2.01. The van der Waals surface area contributed by atoms with Gasteiger partial charge in [-0.2, -0.15) is 0 Å². The van der Waals surface area contributed by atoms with Crippen molar-refractivity contribution in [2.75, 3.05) is 25.7 Å². The van der Waals surface area contributed by atoms with Crippen LogP contribution in [0.5, 0.6) is 11.5 Å². The molecule has 0 aromatic heterocycles. The lowest BCUT2D eigenvalue weighted by Gasteiger charge is -2.17. The van der Waals surface area contributed by atoms with Crippen molar-refractivity contribution in [1.82, 2.24) is 0 Å². The fourth-order valence-corrected chi connectivity index (χ4v) is 4.26. The summed E-state index contributed by atoms with van der Waals surface area (Å²) in [5.74, 6) is -0.786. The zero-order valence-electron chi connectivity index (χ0n) is 20.0. The van der Waals surface area contributed by atoms with E-state index < -0.39 is 40.0 Å². The molecule has 0 radical (unpaired) electrons. The van der Waals surface area contributed by atoms with E-state index in [1.54, 1.807) is 0 Å². The van der Waals surface area contributed by atoms with Gasteiger partial charge >= 0.3 is 17.9 Å². The zero-order valence-corrected chi connectivity index (χ0v) is 21.5. The molecule has 2 aromatic carbocycles. The topological polar surface area (TPSA) is 132 Å². The molecule has 0 aliphatic rings. The number of rotatable bonds is 13. The van der Waals surface area contributed by atoms with Gasteiger partial charge in [0.15, 0.2) is 6.10 Å². The van der Waals surface area contributed by atoms with Gasteiger partial charge in [0.1, 0.15) is 37.4 Å². The second-order valence-corrected chi connectivity index (χ2v) is 9.75. The highest BCUT2D eigenvalue weighted by Gasteiger charge is 2.19. The molecule has 2 aromatic rings. The van der Waals surface area contributed by atoms with Crippen LogP contribution in [0.25, 0.3) is 0 Å². The Bertz CT molecular complexity index is 1130. The van der Waals surface area contributed by atoms with Gasteiger partial charge in [-0.05, 0) is 48.5 Å². The Morgan fingerprint density at radius 3 is 1.50 bits per heavy atom. The summed E-state index contributed by atoms with van der Waals surface area (Å²) in [7, 11) is -3.82. The van der Waals surface area contributed by atoms with E-state index in [-0.39, 0.29) is 35.5 Å². The molecule has 36 heavy (non-hydrogen) atoms. The van der Waals surface area contributed by atoms with Crippen LogP contribution in [0.2, 0.25) is 0 Å². The largest absolute Gasteiger partial charge is 0.490 e. The summed E-state index contributed by atoms with van der Waals surface area (Å²) in [6, 6.07) is 11.5. The number of hydrogen-bond acceptors (Lipinski definition) is 10. The Morgan fingerprint density at radius 2 is 1.11 bits per heavy atom. The second-order valence-electron chi connectivity index (χ2n) is 7.49. The van der Waals surface area contributed by atoms with Gasteiger partial charge in [0.05, 0.1) is 15.7 Å². The van der Waals surface area contributed by atoms with Crippen molar-refractivity contribution in [3.05, 3.63) is 48.5 Å². The highest BCUT2D eigenvalue weighted by Crippen LogP contribution is 2.25. The lowest BCUT2D eigenvalue weighted by Crippen LogP contribution is -2.29. The summed E-state index contributed by atoms with van der Waals surface area (Å²) in [5.41, 5.74) is 0. The average Bonchev–Trinajstić information content (AvgIpc) is 2.83. The molecular formula is C24H27ClO10S. The molecule has 10 nitrogen and oxygen atoms in total. The lowest BCUT2D eigenvalue weighted by atomic mass is 10.3. The maximum absolute atomic E-state index is 13.0. The van der Waals surface area contributed by atoms with Gasteiger partial charge in [-0.25, -0.2) is 8.42 Å². The highest BCUT2D eigenvalue weighted by atomic mass is 35.5. The smallest absolute Gasteiger partial charge is 0.303 e. The van der Waals surface area contributed by atoms with Crippen molar-refractivity contribution < 1.29 is 46.5 Å². The quantitative estimate of drug-likeness (QED) is 0.211. The number of hydrogen-bond donors (Lipinski definition) is 0. The number of carbonyl (C=O) groups excluding carboxylic acids is 3. The lowest BCUT2D eigenvalue weighted by molar-refractivity contribution is -0.158. The molecule has 0 spiro atoms. The maximum atomic E-state index is 13.0. The van der Waals surface area contributed by atoms with Gasteiger partial charge in [0.2, 0.25) is 9.84 Å². The molecule has 0 heterocycles. The molecule has 0 fully saturated rings. The summed E-state index contributed by atoms with van der Waals surface area (Å²) < 4.78 is 51.9. The molecule has 0 N–H and O–H groups in total. The second kappa shape index (κ2) is 13.7. The zero-order chi connectivity index (χ0) is 26.7. The van der Waals surface area contributed by atoms with Crippen molar-refractivity contribution in [2.45, 2.75) is 42.8 Å². The monoisotopic (exact) mass is 542 g/mol. The molecule has 0 amide bonds. The van der Waals surface area contributed by atoms with E-state index in [1.165, 1.54) is 69.3 Å². The van der Waals surface area contributed by atoms with E-state index in [0.717, 1.165) is 0 Å². The minimum absolute atomic E-state index is 0.0236. The number of ether oxygens (including phenoxy) is 5. The number of carbonyl (C=O) groups is 3. The first kappa shape index (κ1) is 28.9. The molecule has 0 bridgehead atoms. The first-order valence-electron chi connectivity index (χ1n) is 10.8. The van der Waals surface area contributed by atoms with Crippen molar-refractivity contribution in [3.8, 4) is 11.5 Å². The SMILES string of the molecule is CC(=O)OCC(COc1ccc(S(=O)(=O)c2ccc(OCC(CCl)OC(C)=O)cc2)cc1)OC(C)=O.